The number of carbonyl (C=O) groups is 1. The number of sulfonamides is 1. The number of imidazole rings is 1. The van der Waals surface area contributed by atoms with Gasteiger partial charge in [0.25, 0.3) is 15.9 Å². The number of hydrogen-bond acceptors (Lipinski definition) is 5. The quantitative estimate of drug-likeness (QED) is 0.535. The van der Waals surface area contributed by atoms with E-state index in [0.29, 0.717) is 23.5 Å². The average molecular weight is 420 g/mol. The highest BCUT2D eigenvalue weighted by Crippen LogP contribution is 2.25. The van der Waals surface area contributed by atoms with Gasteiger partial charge in [0.1, 0.15) is 11.4 Å². The molecule has 0 radical (unpaired) electrons. The SMILES string of the molecule is CCc1ccccc1S(=O)(=O)NC(=O)c1cn(C)c(-c2nccc3ccccc23)n1. The highest BCUT2D eigenvalue weighted by atomic mass is 32.2. The Bertz CT molecular complexity index is 1350. The summed E-state index contributed by atoms with van der Waals surface area (Å²) in [6.07, 6.45) is 3.71. The molecule has 1 N–H and O–H groups in total. The lowest BCUT2D eigenvalue weighted by molar-refractivity contribution is 0.0977. The van der Waals surface area contributed by atoms with Crippen LogP contribution in [0.1, 0.15) is 23.0 Å². The normalized spacial score (nSPS) is 11.5. The predicted octanol–water partition coefficient (Wildman–Crippen LogP) is 3.32. The van der Waals surface area contributed by atoms with Crippen LogP contribution in [0.4, 0.5) is 0 Å². The molecule has 30 heavy (non-hydrogen) atoms. The van der Waals surface area contributed by atoms with Crippen molar-refractivity contribution in [3.05, 3.63) is 78.2 Å². The molecule has 0 bridgehead atoms. The molecule has 4 aromatic rings. The number of nitrogens with one attached hydrogen (secondary N) is 1. The number of nitrogens with zero attached hydrogens (tertiary/aromatic N) is 3. The van der Waals surface area contributed by atoms with Gasteiger partial charge in [0.2, 0.25) is 0 Å². The monoisotopic (exact) mass is 420 g/mol. The summed E-state index contributed by atoms with van der Waals surface area (Å²) in [5, 5.41) is 1.89. The number of benzene rings is 2. The van der Waals surface area contributed by atoms with Gasteiger partial charge in [-0.3, -0.25) is 9.78 Å². The lowest BCUT2D eigenvalue weighted by Gasteiger charge is -2.09. The molecule has 0 aliphatic heterocycles. The molecular weight excluding hydrogens is 400 g/mol. The van der Waals surface area contributed by atoms with Gasteiger partial charge in [0.15, 0.2) is 5.82 Å². The third-order valence-corrected chi connectivity index (χ3v) is 6.30. The maximum absolute atomic E-state index is 12.8. The van der Waals surface area contributed by atoms with Crippen LogP contribution in [-0.4, -0.2) is 28.9 Å². The molecule has 0 saturated heterocycles. The molecule has 0 saturated carbocycles. The van der Waals surface area contributed by atoms with Crippen LogP contribution in [0.5, 0.6) is 0 Å². The van der Waals surface area contributed by atoms with Crippen molar-refractivity contribution in [3.8, 4) is 11.5 Å². The smallest absolute Gasteiger partial charge is 0.285 e. The van der Waals surface area contributed by atoms with Crippen LogP contribution >= 0.6 is 0 Å². The van der Waals surface area contributed by atoms with Crippen LogP contribution in [-0.2, 0) is 23.5 Å². The molecule has 152 valence electrons. The number of fused-ring (bicyclic) bond motifs is 1. The van der Waals surface area contributed by atoms with E-state index in [0.717, 1.165) is 10.8 Å². The van der Waals surface area contributed by atoms with Gasteiger partial charge in [-0.15, -0.1) is 0 Å². The number of carbonyl (C=O) groups excluding carboxylic acids is 1. The molecular formula is C22H20N4O3S. The highest BCUT2D eigenvalue weighted by Gasteiger charge is 2.24. The van der Waals surface area contributed by atoms with Gasteiger partial charge < -0.3 is 4.57 Å². The first-order valence-electron chi connectivity index (χ1n) is 9.43. The molecule has 2 aromatic heterocycles. The molecule has 7 nitrogen and oxygen atoms in total. The molecule has 0 aliphatic carbocycles. The number of amides is 1. The van der Waals surface area contributed by atoms with Gasteiger partial charge >= 0.3 is 0 Å². The van der Waals surface area contributed by atoms with E-state index in [2.05, 4.69) is 14.7 Å². The Labute approximate surface area is 174 Å². The number of rotatable bonds is 5. The summed E-state index contributed by atoms with van der Waals surface area (Å²) in [5.41, 5.74) is 1.26. The van der Waals surface area contributed by atoms with Crippen LogP contribution in [0.15, 0.2) is 71.9 Å². The zero-order valence-electron chi connectivity index (χ0n) is 16.5. The minimum atomic E-state index is -4.02. The van der Waals surface area contributed by atoms with E-state index in [9.17, 15) is 13.2 Å². The highest BCUT2D eigenvalue weighted by molar-refractivity contribution is 7.90. The molecule has 1 amide bonds. The minimum Gasteiger partial charge on any atom is -0.332 e. The second-order valence-corrected chi connectivity index (χ2v) is 8.49. The fourth-order valence-electron chi connectivity index (χ4n) is 3.38. The first kappa shape index (κ1) is 19.8. The molecule has 8 heteroatoms. The second-order valence-electron chi connectivity index (χ2n) is 6.84. The Kier molecular flexibility index (Phi) is 5.09. The van der Waals surface area contributed by atoms with Gasteiger partial charge in [0, 0.05) is 24.8 Å². The van der Waals surface area contributed by atoms with E-state index in [-0.39, 0.29) is 10.6 Å². The summed E-state index contributed by atoms with van der Waals surface area (Å²) in [4.78, 5) is 21.6. The van der Waals surface area contributed by atoms with Crippen molar-refractivity contribution in [2.45, 2.75) is 18.2 Å². The molecule has 2 aromatic carbocycles. The molecule has 2 heterocycles. The van der Waals surface area contributed by atoms with Crippen molar-refractivity contribution in [1.29, 1.82) is 0 Å². The van der Waals surface area contributed by atoms with Gasteiger partial charge in [-0.05, 0) is 29.5 Å². The van der Waals surface area contributed by atoms with Crippen LogP contribution in [0, 0.1) is 0 Å². The maximum atomic E-state index is 12.8. The van der Waals surface area contributed by atoms with Crippen LogP contribution < -0.4 is 4.72 Å². The summed E-state index contributed by atoms with van der Waals surface area (Å²) >= 11 is 0. The zero-order chi connectivity index (χ0) is 21.3. The molecule has 4 rings (SSSR count). The average Bonchev–Trinajstić information content (AvgIpc) is 3.14. The van der Waals surface area contributed by atoms with Crippen LogP contribution in [0.2, 0.25) is 0 Å². The zero-order valence-corrected chi connectivity index (χ0v) is 17.3. The lowest BCUT2D eigenvalue weighted by Crippen LogP contribution is -2.31. The van der Waals surface area contributed by atoms with Crippen molar-refractivity contribution in [3.63, 3.8) is 0 Å². The fourth-order valence-corrected chi connectivity index (χ4v) is 4.65. The summed E-state index contributed by atoms with van der Waals surface area (Å²) in [6.45, 7) is 1.86. The van der Waals surface area contributed by atoms with E-state index in [1.807, 2.05) is 37.3 Å². The Morgan fingerprint density at radius 1 is 1.07 bits per heavy atom. The lowest BCUT2D eigenvalue weighted by atomic mass is 10.1. The van der Waals surface area contributed by atoms with E-state index in [4.69, 9.17) is 0 Å². The molecule has 0 aliphatic rings. The molecule has 0 unspecified atom stereocenters. The van der Waals surface area contributed by atoms with Gasteiger partial charge in [-0.1, -0.05) is 49.4 Å². The first-order chi connectivity index (χ1) is 14.4. The van der Waals surface area contributed by atoms with Crippen molar-refractivity contribution in [2.75, 3.05) is 0 Å². The summed E-state index contributed by atoms with van der Waals surface area (Å²) < 4.78 is 29.3. The predicted molar refractivity (Wildman–Crippen MR) is 114 cm³/mol. The van der Waals surface area contributed by atoms with Gasteiger partial charge in [0.05, 0.1) is 4.90 Å². The third kappa shape index (κ3) is 3.57. The molecule has 0 atom stereocenters. The van der Waals surface area contributed by atoms with E-state index in [1.54, 1.807) is 36.0 Å². The van der Waals surface area contributed by atoms with E-state index >= 15 is 0 Å². The Morgan fingerprint density at radius 2 is 1.80 bits per heavy atom. The van der Waals surface area contributed by atoms with Crippen molar-refractivity contribution >= 4 is 26.7 Å². The Hall–Kier alpha value is -3.52. The summed E-state index contributed by atoms with van der Waals surface area (Å²) in [7, 11) is -2.28. The second kappa shape index (κ2) is 7.72. The van der Waals surface area contributed by atoms with Gasteiger partial charge in [-0.25, -0.2) is 18.1 Å². The molecule has 0 fully saturated rings. The summed E-state index contributed by atoms with van der Waals surface area (Å²) in [5.74, 6) is -0.314. The fraction of sp³-hybridized carbons (Fsp3) is 0.136. The Balaban J connectivity index is 1.69. The standard InChI is InChI=1S/C22H20N4O3S/c1-3-15-8-5-7-11-19(15)30(28,29)25-22(27)18-14-26(2)21(24-18)20-17-10-6-4-9-16(17)12-13-23-20/h4-14H,3H2,1-2H3,(H,25,27). The number of aryl methyl sites for hydroxylation is 2. The number of pyridine rings is 1. The summed E-state index contributed by atoms with van der Waals surface area (Å²) in [6, 6.07) is 16.2. The van der Waals surface area contributed by atoms with Crippen LogP contribution in [0.25, 0.3) is 22.3 Å². The van der Waals surface area contributed by atoms with Gasteiger partial charge in [-0.2, -0.15) is 0 Å². The first-order valence-corrected chi connectivity index (χ1v) is 10.9. The maximum Gasteiger partial charge on any atom is 0.285 e. The third-order valence-electron chi connectivity index (χ3n) is 4.86. The van der Waals surface area contributed by atoms with Crippen LogP contribution in [0.3, 0.4) is 0 Å². The number of aromatic nitrogens is 3. The van der Waals surface area contributed by atoms with Crippen molar-refractivity contribution in [2.24, 2.45) is 7.05 Å². The van der Waals surface area contributed by atoms with E-state index in [1.165, 1.54) is 12.3 Å². The van der Waals surface area contributed by atoms with E-state index < -0.39 is 15.9 Å². The minimum absolute atomic E-state index is 0.000196. The Morgan fingerprint density at radius 3 is 2.60 bits per heavy atom. The topological polar surface area (TPSA) is 94.0 Å². The molecule has 0 spiro atoms. The van der Waals surface area contributed by atoms with Crippen molar-refractivity contribution in [1.82, 2.24) is 19.3 Å². The number of hydrogen-bond donors (Lipinski definition) is 1. The van der Waals surface area contributed by atoms with Crippen molar-refractivity contribution < 1.29 is 13.2 Å². The largest absolute Gasteiger partial charge is 0.332 e.